The second-order valence-corrected chi connectivity index (χ2v) is 7.38. The molecule has 0 spiro atoms. The van der Waals surface area contributed by atoms with Crippen molar-refractivity contribution in [3.05, 3.63) is 54.0 Å². The van der Waals surface area contributed by atoms with Crippen LogP contribution in [0, 0.1) is 5.82 Å². The number of hydrogen-bond donors (Lipinski definition) is 1. The summed E-state index contributed by atoms with van der Waals surface area (Å²) in [6.07, 6.45) is 1.59. The molecule has 8 heteroatoms. The number of carbonyl (C=O) groups excluding carboxylic acids is 1. The average molecular weight is 388 g/mol. The molecule has 2 atom stereocenters. The van der Waals surface area contributed by atoms with Crippen LogP contribution >= 0.6 is 11.8 Å². The van der Waals surface area contributed by atoms with Gasteiger partial charge in [0, 0.05) is 6.54 Å². The Hall–Kier alpha value is -2.61. The summed E-state index contributed by atoms with van der Waals surface area (Å²) >= 11 is 1.34. The molecule has 1 N–H and O–H groups in total. The number of aromatic nitrogens is 3. The Labute approximate surface area is 161 Å². The van der Waals surface area contributed by atoms with E-state index in [-0.39, 0.29) is 23.0 Å². The molecule has 3 rings (SSSR count). The fourth-order valence-electron chi connectivity index (χ4n) is 2.63. The van der Waals surface area contributed by atoms with Crippen molar-refractivity contribution in [2.24, 2.45) is 0 Å². The molecule has 2 heterocycles. The molecule has 0 aliphatic heterocycles. The van der Waals surface area contributed by atoms with E-state index in [0.29, 0.717) is 23.3 Å². The number of thioether (sulfide) groups is 1. The van der Waals surface area contributed by atoms with E-state index in [9.17, 15) is 9.18 Å². The SMILES string of the molecule is CCn1c(SC(C)C(=O)NC(C)c2ccc(F)cc2)nnc1-c1ccco1. The summed E-state index contributed by atoms with van der Waals surface area (Å²) in [7, 11) is 0. The van der Waals surface area contributed by atoms with Crippen molar-refractivity contribution in [1.82, 2.24) is 20.1 Å². The van der Waals surface area contributed by atoms with Gasteiger partial charge in [-0.15, -0.1) is 10.2 Å². The minimum Gasteiger partial charge on any atom is -0.461 e. The van der Waals surface area contributed by atoms with E-state index >= 15 is 0 Å². The summed E-state index contributed by atoms with van der Waals surface area (Å²) in [4.78, 5) is 12.6. The van der Waals surface area contributed by atoms with Crippen LogP contribution in [0.1, 0.15) is 32.4 Å². The van der Waals surface area contributed by atoms with E-state index < -0.39 is 0 Å². The second kappa shape index (κ2) is 8.39. The molecule has 2 unspecified atom stereocenters. The number of hydrogen-bond acceptors (Lipinski definition) is 5. The summed E-state index contributed by atoms with van der Waals surface area (Å²) in [5.74, 6) is 0.852. The molecule has 0 saturated heterocycles. The van der Waals surface area contributed by atoms with E-state index in [1.54, 1.807) is 24.5 Å². The minimum atomic E-state index is -0.369. The lowest BCUT2D eigenvalue weighted by atomic mass is 10.1. The van der Waals surface area contributed by atoms with E-state index in [0.717, 1.165) is 5.56 Å². The first-order chi connectivity index (χ1) is 13.0. The molecular weight excluding hydrogens is 367 g/mol. The summed E-state index contributed by atoms with van der Waals surface area (Å²) in [5, 5.41) is 11.6. The smallest absolute Gasteiger partial charge is 0.233 e. The monoisotopic (exact) mass is 388 g/mol. The van der Waals surface area contributed by atoms with Crippen molar-refractivity contribution in [2.45, 2.75) is 43.8 Å². The molecule has 2 aromatic heterocycles. The Bertz CT molecular complexity index is 893. The van der Waals surface area contributed by atoms with Crippen LogP contribution in [-0.4, -0.2) is 25.9 Å². The van der Waals surface area contributed by atoms with Crippen LogP contribution in [0.15, 0.2) is 52.2 Å². The molecule has 0 fully saturated rings. The minimum absolute atomic E-state index is 0.123. The van der Waals surface area contributed by atoms with E-state index in [2.05, 4.69) is 15.5 Å². The van der Waals surface area contributed by atoms with Crippen molar-refractivity contribution in [2.75, 3.05) is 0 Å². The summed E-state index contributed by atoms with van der Waals surface area (Å²) < 4.78 is 20.4. The van der Waals surface area contributed by atoms with Gasteiger partial charge in [0.25, 0.3) is 0 Å². The van der Waals surface area contributed by atoms with Crippen molar-refractivity contribution < 1.29 is 13.6 Å². The van der Waals surface area contributed by atoms with E-state index in [4.69, 9.17) is 4.42 Å². The number of rotatable bonds is 7. The number of carbonyl (C=O) groups is 1. The zero-order valence-corrected chi connectivity index (χ0v) is 16.2. The lowest BCUT2D eigenvalue weighted by molar-refractivity contribution is -0.120. The molecule has 6 nitrogen and oxygen atoms in total. The maximum Gasteiger partial charge on any atom is 0.233 e. The Morgan fingerprint density at radius 2 is 2.00 bits per heavy atom. The highest BCUT2D eigenvalue weighted by Crippen LogP contribution is 2.27. The Morgan fingerprint density at radius 1 is 1.26 bits per heavy atom. The van der Waals surface area contributed by atoms with Crippen LogP contribution in [0.25, 0.3) is 11.6 Å². The maximum absolute atomic E-state index is 13.0. The highest BCUT2D eigenvalue weighted by Gasteiger charge is 2.22. The zero-order valence-electron chi connectivity index (χ0n) is 15.3. The topological polar surface area (TPSA) is 73.0 Å². The predicted octanol–water partition coefficient (Wildman–Crippen LogP) is 4.06. The molecule has 0 bridgehead atoms. The molecule has 0 radical (unpaired) electrons. The first-order valence-electron chi connectivity index (χ1n) is 8.69. The second-order valence-electron chi connectivity index (χ2n) is 6.07. The highest BCUT2D eigenvalue weighted by atomic mass is 32.2. The van der Waals surface area contributed by atoms with Gasteiger partial charge in [-0.1, -0.05) is 23.9 Å². The van der Waals surface area contributed by atoms with Gasteiger partial charge >= 0.3 is 0 Å². The number of nitrogens with zero attached hydrogens (tertiary/aromatic N) is 3. The molecule has 3 aromatic rings. The molecule has 142 valence electrons. The van der Waals surface area contributed by atoms with E-state index in [1.807, 2.05) is 31.4 Å². The molecule has 0 aliphatic rings. The van der Waals surface area contributed by atoms with Gasteiger partial charge in [0.15, 0.2) is 16.7 Å². The third-order valence-corrected chi connectivity index (χ3v) is 5.24. The maximum atomic E-state index is 13.0. The quantitative estimate of drug-likeness (QED) is 0.618. The van der Waals surface area contributed by atoms with Crippen LogP contribution in [0.2, 0.25) is 0 Å². The van der Waals surface area contributed by atoms with Gasteiger partial charge < -0.3 is 9.73 Å². The summed E-state index contributed by atoms with van der Waals surface area (Å²) in [6, 6.07) is 9.51. The van der Waals surface area contributed by atoms with Crippen LogP contribution in [0.5, 0.6) is 0 Å². The number of furan rings is 1. The Balaban J connectivity index is 1.67. The van der Waals surface area contributed by atoms with Crippen LogP contribution in [-0.2, 0) is 11.3 Å². The lowest BCUT2D eigenvalue weighted by Gasteiger charge is -2.17. The van der Waals surface area contributed by atoms with Crippen molar-refractivity contribution >= 4 is 17.7 Å². The summed E-state index contributed by atoms with van der Waals surface area (Å²) in [6.45, 7) is 6.33. The number of halogens is 1. The van der Waals surface area contributed by atoms with Crippen molar-refractivity contribution in [3.8, 4) is 11.6 Å². The first kappa shape index (κ1) is 19.2. The van der Waals surface area contributed by atoms with Crippen molar-refractivity contribution in [1.29, 1.82) is 0 Å². The van der Waals surface area contributed by atoms with Crippen LogP contribution in [0.3, 0.4) is 0 Å². The largest absolute Gasteiger partial charge is 0.461 e. The third-order valence-electron chi connectivity index (χ3n) is 4.15. The van der Waals surface area contributed by atoms with Crippen LogP contribution < -0.4 is 5.32 Å². The predicted molar refractivity (Wildman–Crippen MR) is 102 cm³/mol. The lowest BCUT2D eigenvalue weighted by Crippen LogP contribution is -2.33. The number of nitrogens with one attached hydrogen (secondary N) is 1. The number of amides is 1. The standard InChI is InChI=1S/C19H21FN4O2S/c1-4-24-17(16-6-5-11-26-16)22-23-19(24)27-13(3)18(25)21-12(2)14-7-9-15(20)10-8-14/h5-13H,4H2,1-3H3,(H,21,25). The molecule has 1 aromatic carbocycles. The molecule has 0 aliphatic carbocycles. The summed E-state index contributed by atoms with van der Waals surface area (Å²) in [5.41, 5.74) is 0.846. The van der Waals surface area contributed by atoms with Gasteiger partial charge in [-0.05, 0) is 50.6 Å². The van der Waals surface area contributed by atoms with Gasteiger partial charge in [0.05, 0.1) is 17.6 Å². The molecular formula is C19H21FN4O2S. The van der Waals surface area contributed by atoms with Gasteiger partial charge in [0.1, 0.15) is 5.82 Å². The fraction of sp³-hybridized carbons (Fsp3) is 0.316. The van der Waals surface area contributed by atoms with Crippen LogP contribution in [0.4, 0.5) is 4.39 Å². The fourth-order valence-corrected chi connectivity index (χ4v) is 3.55. The van der Waals surface area contributed by atoms with Gasteiger partial charge in [0.2, 0.25) is 5.91 Å². The van der Waals surface area contributed by atoms with Gasteiger partial charge in [-0.25, -0.2) is 4.39 Å². The number of benzene rings is 1. The Morgan fingerprint density at radius 3 is 2.63 bits per heavy atom. The third kappa shape index (κ3) is 4.39. The molecule has 0 saturated carbocycles. The van der Waals surface area contributed by atoms with Gasteiger partial charge in [-0.3, -0.25) is 9.36 Å². The van der Waals surface area contributed by atoms with Gasteiger partial charge in [-0.2, -0.15) is 0 Å². The normalized spacial score (nSPS) is 13.3. The molecule has 27 heavy (non-hydrogen) atoms. The molecule has 1 amide bonds. The average Bonchev–Trinajstić information content (AvgIpc) is 3.31. The highest BCUT2D eigenvalue weighted by molar-refractivity contribution is 8.00. The van der Waals surface area contributed by atoms with E-state index in [1.165, 1.54) is 23.9 Å². The zero-order chi connectivity index (χ0) is 19.4. The Kier molecular flexibility index (Phi) is 5.95. The van der Waals surface area contributed by atoms with Crippen molar-refractivity contribution in [3.63, 3.8) is 0 Å². The first-order valence-corrected chi connectivity index (χ1v) is 9.57.